The van der Waals surface area contributed by atoms with Crippen molar-refractivity contribution in [2.24, 2.45) is 11.5 Å². The van der Waals surface area contributed by atoms with E-state index in [-0.39, 0.29) is 12.8 Å². The van der Waals surface area contributed by atoms with Crippen LogP contribution in [0.15, 0.2) is 0 Å². The van der Waals surface area contributed by atoms with Crippen LogP contribution >= 0.6 is 0 Å². The SMILES string of the molecule is [2H]C(CCC)(CCC)S(=O)(=O)C[C@](N)(C(N)=O)C(=O)CS(C)(=O)=O. The molecule has 0 fully saturated rings. The van der Waals surface area contributed by atoms with Crippen LogP contribution in [0.25, 0.3) is 0 Å². The average Bonchev–Trinajstić information content (AvgIpc) is 2.36. The molecule has 0 unspecified atom stereocenters. The number of carbonyl (C=O) groups excluding carboxylic acids is 2. The summed E-state index contributed by atoms with van der Waals surface area (Å²) in [4.78, 5) is 23.7. The van der Waals surface area contributed by atoms with Crippen molar-refractivity contribution in [2.75, 3.05) is 17.8 Å². The van der Waals surface area contributed by atoms with Crippen LogP contribution in [0.3, 0.4) is 0 Å². The number of nitrogens with two attached hydrogens (primary N) is 2. The molecule has 23 heavy (non-hydrogen) atoms. The van der Waals surface area contributed by atoms with E-state index in [0.29, 0.717) is 12.8 Å². The predicted octanol–water partition coefficient (Wildman–Crippen LogP) is -0.833. The molecule has 8 nitrogen and oxygen atoms in total. The molecular formula is C13H26N2O6S2. The van der Waals surface area contributed by atoms with E-state index in [1.54, 1.807) is 13.8 Å². The number of rotatable bonds is 11. The van der Waals surface area contributed by atoms with Crippen LogP contribution in [-0.4, -0.2) is 57.1 Å². The van der Waals surface area contributed by atoms with Crippen LogP contribution < -0.4 is 11.5 Å². The number of ketones is 1. The number of hydrogen-bond acceptors (Lipinski definition) is 7. The quantitative estimate of drug-likeness (QED) is 0.449. The van der Waals surface area contributed by atoms with Crippen molar-refractivity contribution in [3.63, 3.8) is 0 Å². The number of hydrogen-bond donors (Lipinski definition) is 2. The highest BCUT2D eigenvalue weighted by atomic mass is 32.2. The van der Waals surface area contributed by atoms with Gasteiger partial charge in [-0.1, -0.05) is 26.7 Å². The van der Waals surface area contributed by atoms with Gasteiger partial charge in [0.05, 0.1) is 11.0 Å². The fourth-order valence-electron chi connectivity index (χ4n) is 2.05. The Morgan fingerprint density at radius 1 is 1.13 bits per heavy atom. The van der Waals surface area contributed by atoms with Crippen molar-refractivity contribution in [3.05, 3.63) is 0 Å². The lowest BCUT2D eigenvalue weighted by Crippen LogP contribution is -2.64. The van der Waals surface area contributed by atoms with Gasteiger partial charge in [0.1, 0.15) is 5.75 Å². The second-order valence-electron chi connectivity index (χ2n) is 5.63. The molecule has 0 saturated heterocycles. The minimum absolute atomic E-state index is 0.00170. The van der Waals surface area contributed by atoms with Crippen molar-refractivity contribution in [3.8, 4) is 0 Å². The number of Topliss-reactive ketones (excluding diaryl/α,β-unsaturated/α-hetero) is 1. The molecule has 4 N–H and O–H groups in total. The molecule has 0 bridgehead atoms. The molecule has 0 aliphatic heterocycles. The van der Waals surface area contributed by atoms with Crippen molar-refractivity contribution in [1.82, 2.24) is 0 Å². The molecule has 0 aliphatic rings. The fraction of sp³-hybridized carbons (Fsp3) is 0.846. The number of carbonyl (C=O) groups is 2. The molecule has 0 aliphatic carbocycles. The van der Waals surface area contributed by atoms with Gasteiger partial charge in [-0.2, -0.15) is 0 Å². The minimum atomic E-state index is -4.32. The molecule has 0 rings (SSSR count). The summed E-state index contributed by atoms with van der Waals surface area (Å²) < 4.78 is 56.1. The number of sulfone groups is 2. The van der Waals surface area contributed by atoms with Gasteiger partial charge in [-0.25, -0.2) is 16.8 Å². The summed E-state index contributed by atoms with van der Waals surface area (Å²) in [7, 11) is -8.15. The molecule has 0 saturated carbocycles. The molecule has 1 atom stereocenters. The van der Waals surface area contributed by atoms with Gasteiger partial charge < -0.3 is 11.5 Å². The summed E-state index contributed by atoms with van der Waals surface area (Å²) in [6.07, 6.45) is 1.54. The van der Waals surface area contributed by atoms with E-state index < -0.39 is 53.6 Å². The Balaban J connectivity index is 5.90. The Bertz CT molecular complexity index is 683. The topological polar surface area (TPSA) is 154 Å². The van der Waals surface area contributed by atoms with Crippen LogP contribution in [0.1, 0.15) is 40.9 Å². The first-order valence-electron chi connectivity index (χ1n) is 7.67. The Kier molecular flexibility index (Phi) is 7.15. The largest absolute Gasteiger partial charge is 0.368 e. The van der Waals surface area contributed by atoms with E-state index in [9.17, 15) is 26.4 Å². The van der Waals surface area contributed by atoms with Crippen molar-refractivity contribution in [2.45, 2.75) is 50.3 Å². The maximum atomic E-state index is 12.6. The summed E-state index contributed by atoms with van der Waals surface area (Å²) in [5.41, 5.74) is 8.01. The van der Waals surface area contributed by atoms with Gasteiger partial charge in [-0.05, 0) is 12.8 Å². The van der Waals surface area contributed by atoms with Gasteiger partial charge in [0.25, 0.3) is 0 Å². The third-order valence-corrected chi connectivity index (χ3v) is 6.16. The van der Waals surface area contributed by atoms with Crippen LogP contribution in [0.4, 0.5) is 0 Å². The summed E-state index contributed by atoms with van der Waals surface area (Å²) in [6.45, 7) is 3.40. The number of primary amides is 1. The Labute approximate surface area is 139 Å². The zero-order valence-corrected chi connectivity index (χ0v) is 15.3. The zero-order valence-electron chi connectivity index (χ0n) is 14.7. The van der Waals surface area contributed by atoms with E-state index in [1.807, 2.05) is 0 Å². The lowest BCUT2D eigenvalue weighted by molar-refractivity contribution is -0.131. The number of amides is 1. The highest BCUT2D eigenvalue weighted by Gasteiger charge is 2.46. The molecule has 0 radical (unpaired) electrons. The molecule has 0 aromatic heterocycles. The summed E-state index contributed by atoms with van der Waals surface area (Å²) in [6, 6.07) is 0. The third-order valence-electron chi connectivity index (χ3n) is 3.25. The second kappa shape index (κ2) is 8.20. The smallest absolute Gasteiger partial charge is 0.246 e. The van der Waals surface area contributed by atoms with Crippen LogP contribution in [-0.2, 0) is 29.3 Å². The predicted molar refractivity (Wildman–Crippen MR) is 88.2 cm³/mol. The summed E-state index contributed by atoms with van der Waals surface area (Å²) in [5, 5.41) is -1.91. The van der Waals surface area contributed by atoms with Gasteiger partial charge in [-0.15, -0.1) is 0 Å². The van der Waals surface area contributed by atoms with Gasteiger partial charge in [0, 0.05) is 7.63 Å². The maximum Gasteiger partial charge on any atom is 0.246 e. The molecule has 1 amide bonds. The molecule has 0 heterocycles. The second-order valence-corrected chi connectivity index (χ2v) is 9.86. The van der Waals surface area contributed by atoms with Crippen LogP contribution in [0, 0.1) is 0 Å². The van der Waals surface area contributed by atoms with E-state index in [2.05, 4.69) is 0 Å². The average molecular weight is 371 g/mol. The molecule has 0 aromatic carbocycles. The summed E-state index contributed by atoms with van der Waals surface area (Å²) in [5.74, 6) is -5.02. The van der Waals surface area contributed by atoms with Crippen molar-refractivity contribution >= 4 is 31.4 Å². The maximum absolute atomic E-state index is 12.6. The first kappa shape index (κ1) is 20.0. The van der Waals surface area contributed by atoms with Crippen LogP contribution in [0.2, 0.25) is 0 Å². The highest BCUT2D eigenvalue weighted by molar-refractivity contribution is 7.92. The normalized spacial score (nSPS) is 16.4. The van der Waals surface area contributed by atoms with Gasteiger partial charge in [-0.3, -0.25) is 9.59 Å². The van der Waals surface area contributed by atoms with Crippen LogP contribution in [0.5, 0.6) is 0 Å². The lowest BCUT2D eigenvalue weighted by Gasteiger charge is -2.26. The standard InChI is InChI=1S/C13H26N2O6S2/c1-4-6-10(7-5-2)23(20,21)9-13(15,12(14)17)11(16)8-22(3,18)19/h10H,4-9,15H2,1-3H3,(H2,14,17)/t13-/m1/s1/i10D. The van der Waals surface area contributed by atoms with Gasteiger partial charge in [0.2, 0.25) is 5.91 Å². The van der Waals surface area contributed by atoms with E-state index in [4.69, 9.17) is 12.8 Å². The van der Waals surface area contributed by atoms with E-state index >= 15 is 0 Å². The summed E-state index contributed by atoms with van der Waals surface area (Å²) >= 11 is 0. The van der Waals surface area contributed by atoms with Gasteiger partial charge in [0.15, 0.2) is 31.0 Å². The van der Waals surface area contributed by atoms with Crippen molar-refractivity contribution in [1.29, 1.82) is 0 Å². The molecule has 0 aromatic rings. The molecule has 136 valence electrons. The lowest BCUT2D eigenvalue weighted by atomic mass is 9.98. The minimum Gasteiger partial charge on any atom is -0.368 e. The van der Waals surface area contributed by atoms with E-state index in [1.165, 1.54) is 0 Å². The first-order valence-corrected chi connectivity index (χ1v) is 10.9. The molecule has 0 spiro atoms. The van der Waals surface area contributed by atoms with E-state index in [0.717, 1.165) is 6.26 Å². The Morgan fingerprint density at radius 3 is 1.87 bits per heavy atom. The zero-order chi connectivity index (χ0) is 19.4. The Hall–Kier alpha value is -1.00. The van der Waals surface area contributed by atoms with Crippen molar-refractivity contribution < 1.29 is 27.8 Å². The van der Waals surface area contributed by atoms with Gasteiger partial charge >= 0.3 is 0 Å². The molecule has 10 heteroatoms. The Morgan fingerprint density at radius 2 is 1.57 bits per heavy atom. The molecular weight excluding hydrogens is 344 g/mol. The fourth-order valence-corrected chi connectivity index (χ4v) is 4.92. The highest BCUT2D eigenvalue weighted by Crippen LogP contribution is 2.20. The third kappa shape index (κ3) is 6.56. The monoisotopic (exact) mass is 371 g/mol. The first-order chi connectivity index (χ1) is 10.6.